The minimum absolute atomic E-state index is 0.278. The van der Waals surface area contributed by atoms with Crippen LogP contribution >= 0.6 is 11.3 Å². The lowest BCUT2D eigenvalue weighted by Gasteiger charge is -2.06. The van der Waals surface area contributed by atoms with Gasteiger partial charge in [0, 0.05) is 6.42 Å². The van der Waals surface area contributed by atoms with Crippen LogP contribution in [0.25, 0.3) is 10.2 Å². The molecule has 0 radical (unpaired) electrons. The molecule has 0 fully saturated rings. The van der Waals surface area contributed by atoms with Crippen molar-refractivity contribution in [1.82, 2.24) is 9.97 Å². The molecule has 0 aliphatic heterocycles. The molecule has 0 saturated heterocycles. The first-order valence-corrected chi connectivity index (χ1v) is 6.57. The lowest BCUT2D eigenvalue weighted by Crippen LogP contribution is -2.00. The summed E-state index contributed by atoms with van der Waals surface area (Å²) in [4.78, 5) is 20.2. The molecule has 0 aliphatic carbocycles. The molecular weight excluding hydrogens is 264 g/mol. The summed E-state index contributed by atoms with van der Waals surface area (Å²) in [5.74, 6) is -0.513. The fraction of sp³-hybridized carbons (Fsp3) is 0.308. The summed E-state index contributed by atoms with van der Waals surface area (Å²) in [6.45, 7) is 7.95. The number of thiophene rings is 1. The first kappa shape index (κ1) is 13.5. The van der Waals surface area contributed by atoms with Gasteiger partial charge in [0.05, 0.1) is 12.0 Å². The quantitative estimate of drug-likeness (QED) is 0.851. The van der Waals surface area contributed by atoms with Crippen LogP contribution in [0.1, 0.15) is 28.6 Å². The molecule has 0 atom stereocenters. The molecule has 2 aromatic heterocycles. The predicted octanol–water partition coefficient (Wildman–Crippen LogP) is 3.04. The van der Waals surface area contributed by atoms with Crippen molar-refractivity contribution in [2.24, 2.45) is 0 Å². The van der Waals surface area contributed by atoms with Gasteiger partial charge in [0.15, 0.2) is 0 Å². The Kier molecular flexibility index (Phi) is 3.80. The largest absolute Gasteiger partial charge is 0.477 e. The maximum Gasteiger partial charge on any atom is 0.346 e. The molecule has 19 heavy (non-hydrogen) atoms. The lowest BCUT2D eigenvalue weighted by atomic mass is 10.2. The molecule has 0 amide bonds. The topological polar surface area (TPSA) is 72.3 Å². The van der Waals surface area contributed by atoms with Gasteiger partial charge in [-0.15, -0.1) is 17.9 Å². The number of hydrogen-bond donors (Lipinski definition) is 1. The van der Waals surface area contributed by atoms with Crippen molar-refractivity contribution in [1.29, 1.82) is 0 Å². The second-order valence-corrected chi connectivity index (χ2v) is 5.27. The molecule has 0 spiro atoms. The van der Waals surface area contributed by atoms with Crippen LogP contribution in [0.3, 0.4) is 0 Å². The number of carbonyl (C=O) groups is 1. The molecule has 1 N–H and O–H groups in total. The highest BCUT2D eigenvalue weighted by atomic mass is 32.1. The molecule has 2 aromatic rings. The van der Waals surface area contributed by atoms with Gasteiger partial charge >= 0.3 is 5.97 Å². The van der Waals surface area contributed by atoms with Gasteiger partial charge in [0.2, 0.25) is 5.88 Å². The Morgan fingerprint density at radius 1 is 1.53 bits per heavy atom. The summed E-state index contributed by atoms with van der Waals surface area (Å²) < 4.78 is 5.61. The zero-order valence-corrected chi connectivity index (χ0v) is 11.6. The van der Waals surface area contributed by atoms with E-state index in [4.69, 9.17) is 9.84 Å². The monoisotopic (exact) mass is 278 g/mol. The third-order valence-corrected chi connectivity index (χ3v) is 3.84. The Hall–Kier alpha value is -1.95. The van der Waals surface area contributed by atoms with E-state index >= 15 is 0 Å². The van der Waals surface area contributed by atoms with E-state index in [1.54, 1.807) is 6.92 Å². The van der Waals surface area contributed by atoms with Gasteiger partial charge in [0.1, 0.15) is 16.0 Å². The molecule has 6 heteroatoms. The highest BCUT2D eigenvalue weighted by Crippen LogP contribution is 2.34. The van der Waals surface area contributed by atoms with Crippen molar-refractivity contribution in [2.45, 2.75) is 20.3 Å². The number of aromatic nitrogens is 2. The standard InChI is InChI=1S/C13H14N2O3S/c1-7(2)4-5-18-11-9-8(3)10(13(16)17)19-12(9)15-6-14-11/h6H,1,4-5H2,2-3H3,(H,16,17). The lowest BCUT2D eigenvalue weighted by molar-refractivity contribution is 0.0701. The van der Waals surface area contributed by atoms with Gasteiger partial charge in [-0.2, -0.15) is 0 Å². The average Bonchev–Trinajstić information content (AvgIpc) is 2.67. The van der Waals surface area contributed by atoms with Crippen molar-refractivity contribution in [3.8, 4) is 5.88 Å². The van der Waals surface area contributed by atoms with Gasteiger partial charge in [0.25, 0.3) is 0 Å². The van der Waals surface area contributed by atoms with Crippen molar-refractivity contribution < 1.29 is 14.6 Å². The molecule has 0 aromatic carbocycles. The van der Waals surface area contributed by atoms with Crippen molar-refractivity contribution in [3.63, 3.8) is 0 Å². The maximum absolute atomic E-state index is 11.1. The summed E-state index contributed by atoms with van der Waals surface area (Å²) in [6.07, 6.45) is 2.13. The summed E-state index contributed by atoms with van der Waals surface area (Å²) in [5.41, 5.74) is 1.68. The number of aryl methyl sites for hydroxylation is 1. The van der Waals surface area contributed by atoms with E-state index in [0.29, 0.717) is 28.3 Å². The second kappa shape index (κ2) is 5.36. The summed E-state index contributed by atoms with van der Waals surface area (Å²) >= 11 is 1.14. The maximum atomic E-state index is 11.1. The second-order valence-electron chi connectivity index (χ2n) is 4.28. The molecular formula is C13H14N2O3S. The third kappa shape index (κ3) is 2.73. The number of nitrogens with zero attached hydrogens (tertiary/aromatic N) is 2. The van der Waals surface area contributed by atoms with E-state index < -0.39 is 5.97 Å². The smallest absolute Gasteiger partial charge is 0.346 e. The Labute approximate surface area is 114 Å². The predicted molar refractivity (Wildman–Crippen MR) is 74.0 cm³/mol. The Morgan fingerprint density at radius 2 is 2.26 bits per heavy atom. The van der Waals surface area contributed by atoms with Gasteiger partial charge in [-0.3, -0.25) is 0 Å². The average molecular weight is 278 g/mol. The van der Waals surface area contributed by atoms with Crippen LogP contribution in [0.15, 0.2) is 18.5 Å². The van der Waals surface area contributed by atoms with Gasteiger partial charge in [-0.1, -0.05) is 5.57 Å². The molecule has 0 bridgehead atoms. The third-order valence-electron chi connectivity index (χ3n) is 2.65. The number of carboxylic acids is 1. The molecule has 2 heterocycles. The summed E-state index contributed by atoms with van der Waals surface area (Å²) in [7, 11) is 0. The number of rotatable bonds is 5. The first-order chi connectivity index (χ1) is 9.00. The van der Waals surface area contributed by atoms with Crippen molar-refractivity contribution in [3.05, 3.63) is 28.9 Å². The molecule has 2 rings (SSSR count). The Morgan fingerprint density at radius 3 is 2.89 bits per heavy atom. The van der Waals surface area contributed by atoms with E-state index in [2.05, 4.69) is 16.5 Å². The zero-order valence-electron chi connectivity index (χ0n) is 10.8. The number of ether oxygens (including phenoxy) is 1. The summed E-state index contributed by atoms with van der Waals surface area (Å²) in [5, 5.41) is 9.80. The normalized spacial score (nSPS) is 10.6. The van der Waals surface area contributed by atoms with Crippen molar-refractivity contribution >= 4 is 27.5 Å². The molecule has 0 unspecified atom stereocenters. The number of hydrogen-bond acceptors (Lipinski definition) is 5. The van der Waals surface area contributed by atoms with E-state index in [0.717, 1.165) is 23.3 Å². The molecule has 100 valence electrons. The van der Waals surface area contributed by atoms with Crippen LogP contribution in [0.4, 0.5) is 0 Å². The van der Waals surface area contributed by atoms with Crippen LogP contribution in [0.2, 0.25) is 0 Å². The number of carboxylic acid groups (broad SMARTS) is 1. The van der Waals surface area contributed by atoms with Gasteiger partial charge in [-0.25, -0.2) is 14.8 Å². The Bertz CT molecular complexity index is 649. The van der Waals surface area contributed by atoms with E-state index in [9.17, 15) is 4.79 Å². The molecule has 0 saturated carbocycles. The number of fused-ring (bicyclic) bond motifs is 1. The Balaban J connectivity index is 2.39. The highest BCUT2D eigenvalue weighted by Gasteiger charge is 2.19. The molecule has 0 aliphatic rings. The number of aromatic carboxylic acids is 1. The molecule has 5 nitrogen and oxygen atoms in total. The van der Waals surface area contributed by atoms with E-state index in [1.165, 1.54) is 6.33 Å². The minimum atomic E-state index is -0.951. The fourth-order valence-corrected chi connectivity index (χ4v) is 2.65. The van der Waals surface area contributed by atoms with Gasteiger partial charge in [-0.05, 0) is 19.4 Å². The van der Waals surface area contributed by atoms with Crippen LogP contribution < -0.4 is 4.74 Å². The zero-order chi connectivity index (χ0) is 14.0. The summed E-state index contributed by atoms with van der Waals surface area (Å²) in [6, 6.07) is 0. The minimum Gasteiger partial charge on any atom is -0.477 e. The fourth-order valence-electron chi connectivity index (χ4n) is 1.67. The first-order valence-electron chi connectivity index (χ1n) is 5.75. The van der Waals surface area contributed by atoms with E-state index in [-0.39, 0.29) is 4.88 Å². The van der Waals surface area contributed by atoms with Crippen LogP contribution in [-0.4, -0.2) is 27.7 Å². The highest BCUT2D eigenvalue weighted by molar-refractivity contribution is 7.20. The van der Waals surface area contributed by atoms with Gasteiger partial charge < -0.3 is 9.84 Å². The van der Waals surface area contributed by atoms with Crippen LogP contribution in [0.5, 0.6) is 5.88 Å². The van der Waals surface area contributed by atoms with Crippen LogP contribution in [-0.2, 0) is 0 Å². The van der Waals surface area contributed by atoms with E-state index in [1.807, 2.05) is 6.92 Å². The van der Waals surface area contributed by atoms with Crippen molar-refractivity contribution in [2.75, 3.05) is 6.61 Å². The van der Waals surface area contributed by atoms with Crippen LogP contribution in [0, 0.1) is 6.92 Å². The SMILES string of the molecule is C=C(C)CCOc1ncnc2sc(C(=O)O)c(C)c12.